The zero-order valence-electron chi connectivity index (χ0n) is 14.2. The lowest BCUT2D eigenvalue weighted by Gasteiger charge is -2.32. The Kier molecular flexibility index (Phi) is 6.74. The molecule has 128 valence electrons. The normalized spacial score (nSPS) is 16.2. The molecule has 3 heteroatoms. The van der Waals surface area contributed by atoms with E-state index in [-0.39, 0.29) is 0 Å². The van der Waals surface area contributed by atoms with Crippen LogP contribution in [0.3, 0.4) is 0 Å². The van der Waals surface area contributed by atoms with Gasteiger partial charge in [0.05, 0.1) is 6.61 Å². The van der Waals surface area contributed by atoms with Gasteiger partial charge in [0.1, 0.15) is 5.75 Å². The van der Waals surface area contributed by atoms with Crippen LogP contribution >= 0.6 is 15.9 Å². The topological polar surface area (TPSA) is 12.5 Å². The summed E-state index contributed by atoms with van der Waals surface area (Å²) in [4.78, 5) is 2.59. The summed E-state index contributed by atoms with van der Waals surface area (Å²) in [6.07, 6.45) is 4.98. The van der Waals surface area contributed by atoms with Gasteiger partial charge in [0, 0.05) is 11.0 Å². The maximum atomic E-state index is 5.80. The smallest absolute Gasteiger partial charge is 0.119 e. The van der Waals surface area contributed by atoms with Crippen molar-refractivity contribution in [3.05, 3.63) is 64.6 Å². The predicted octanol–water partition coefficient (Wildman–Crippen LogP) is 5.17. The van der Waals surface area contributed by atoms with Crippen LogP contribution in [0.1, 0.15) is 24.8 Å². The van der Waals surface area contributed by atoms with Gasteiger partial charge >= 0.3 is 0 Å². The standard InChI is InChI=1S/C21H26BrNO/c22-20-7-9-21(10-8-20)24-16-4-13-23-14-11-19(12-15-23)17-18-5-2-1-3-6-18/h1-3,5-10,19H,4,11-17H2. The van der Waals surface area contributed by atoms with Gasteiger partial charge in [-0.1, -0.05) is 46.3 Å². The molecular formula is C21H26BrNO. The lowest BCUT2D eigenvalue weighted by molar-refractivity contribution is 0.170. The van der Waals surface area contributed by atoms with Gasteiger partial charge < -0.3 is 9.64 Å². The van der Waals surface area contributed by atoms with E-state index in [1.807, 2.05) is 24.3 Å². The van der Waals surface area contributed by atoms with Gasteiger partial charge in [-0.25, -0.2) is 0 Å². The molecule has 1 fully saturated rings. The molecule has 0 bridgehead atoms. The largest absolute Gasteiger partial charge is 0.494 e. The van der Waals surface area contributed by atoms with E-state index < -0.39 is 0 Å². The molecule has 0 spiro atoms. The van der Waals surface area contributed by atoms with Gasteiger partial charge in [-0.2, -0.15) is 0 Å². The summed E-state index contributed by atoms with van der Waals surface area (Å²) in [6.45, 7) is 4.41. The first-order valence-electron chi connectivity index (χ1n) is 8.94. The van der Waals surface area contributed by atoms with Gasteiger partial charge in [-0.15, -0.1) is 0 Å². The lowest BCUT2D eigenvalue weighted by Crippen LogP contribution is -2.35. The van der Waals surface area contributed by atoms with Crippen molar-refractivity contribution in [1.82, 2.24) is 4.90 Å². The average Bonchev–Trinajstić information content (AvgIpc) is 2.62. The van der Waals surface area contributed by atoms with E-state index >= 15 is 0 Å². The minimum Gasteiger partial charge on any atom is -0.494 e. The maximum Gasteiger partial charge on any atom is 0.119 e. The quantitative estimate of drug-likeness (QED) is 0.607. The molecule has 1 aliphatic rings. The van der Waals surface area contributed by atoms with Crippen molar-refractivity contribution < 1.29 is 4.74 Å². The molecule has 0 amide bonds. The highest BCUT2D eigenvalue weighted by atomic mass is 79.9. The van der Waals surface area contributed by atoms with Crippen LogP contribution in [-0.2, 0) is 6.42 Å². The first kappa shape index (κ1) is 17.5. The predicted molar refractivity (Wildman–Crippen MR) is 104 cm³/mol. The van der Waals surface area contributed by atoms with Crippen LogP contribution in [0, 0.1) is 5.92 Å². The van der Waals surface area contributed by atoms with Crippen molar-refractivity contribution in [2.24, 2.45) is 5.92 Å². The van der Waals surface area contributed by atoms with Crippen LogP contribution in [-0.4, -0.2) is 31.1 Å². The molecule has 0 unspecified atom stereocenters. The third-order valence-corrected chi connectivity index (χ3v) is 5.30. The Balaban J connectivity index is 1.30. The van der Waals surface area contributed by atoms with E-state index in [4.69, 9.17) is 4.74 Å². The summed E-state index contributed by atoms with van der Waals surface area (Å²) in [6, 6.07) is 19.0. The van der Waals surface area contributed by atoms with Crippen molar-refractivity contribution in [2.45, 2.75) is 25.7 Å². The highest BCUT2D eigenvalue weighted by Crippen LogP contribution is 2.22. The van der Waals surface area contributed by atoms with Crippen LogP contribution in [0.4, 0.5) is 0 Å². The molecule has 0 aromatic heterocycles. The summed E-state index contributed by atoms with van der Waals surface area (Å²) in [5, 5.41) is 0. The van der Waals surface area contributed by atoms with E-state index in [1.165, 1.54) is 37.9 Å². The number of halogens is 1. The number of rotatable bonds is 7. The molecule has 0 N–H and O–H groups in total. The van der Waals surface area contributed by atoms with Gasteiger partial charge in [0.25, 0.3) is 0 Å². The van der Waals surface area contributed by atoms with E-state index in [2.05, 4.69) is 51.2 Å². The number of nitrogens with zero attached hydrogens (tertiary/aromatic N) is 1. The summed E-state index contributed by atoms with van der Waals surface area (Å²) in [5.74, 6) is 1.81. The molecule has 0 aliphatic carbocycles. The van der Waals surface area contributed by atoms with Crippen LogP contribution < -0.4 is 4.74 Å². The molecule has 0 radical (unpaired) electrons. The highest BCUT2D eigenvalue weighted by Gasteiger charge is 2.18. The average molecular weight is 388 g/mol. The molecular weight excluding hydrogens is 362 g/mol. The van der Waals surface area contributed by atoms with E-state index in [0.29, 0.717) is 0 Å². The fraction of sp³-hybridized carbons (Fsp3) is 0.429. The molecule has 2 aromatic rings. The number of piperidine rings is 1. The molecule has 0 atom stereocenters. The minimum atomic E-state index is 0.797. The Bertz CT molecular complexity index is 591. The van der Waals surface area contributed by atoms with Crippen LogP contribution in [0.5, 0.6) is 5.75 Å². The maximum absolute atomic E-state index is 5.80. The zero-order valence-corrected chi connectivity index (χ0v) is 15.7. The van der Waals surface area contributed by atoms with E-state index in [1.54, 1.807) is 0 Å². The second-order valence-corrected chi connectivity index (χ2v) is 7.55. The third-order valence-electron chi connectivity index (χ3n) is 4.78. The van der Waals surface area contributed by atoms with E-state index in [9.17, 15) is 0 Å². The first-order chi connectivity index (χ1) is 11.8. The van der Waals surface area contributed by atoms with E-state index in [0.717, 1.165) is 35.7 Å². The molecule has 1 heterocycles. The van der Waals surface area contributed by atoms with Crippen molar-refractivity contribution >= 4 is 15.9 Å². The van der Waals surface area contributed by atoms with Crippen LogP contribution in [0.2, 0.25) is 0 Å². The Morgan fingerprint density at radius 3 is 2.38 bits per heavy atom. The summed E-state index contributed by atoms with van der Waals surface area (Å²) in [7, 11) is 0. The van der Waals surface area contributed by atoms with Crippen LogP contribution in [0.25, 0.3) is 0 Å². The number of hydrogen-bond donors (Lipinski definition) is 0. The fourth-order valence-corrected chi connectivity index (χ4v) is 3.63. The molecule has 24 heavy (non-hydrogen) atoms. The minimum absolute atomic E-state index is 0.797. The molecule has 0 saturated carbocycles. The third kappa shape index (κ3) is 5.64. The Labute approximate surface area is 154 Å². The molecule has 2 aromatic carbocycles. The van der Waals surface area contributed by atoms with Crippen molar-refractivity contribution in [1.29, 1.82) is 0 Å². The van der Waals surface area contributed by atoms with Crippen molar-refractivity contribution in [2.75, 3.05) is 26.2 Å². The fourth-order valence-electron chi connectivity index (χ4n) is 3.37. The number of benzene rings is 2. The zero-order chi connectivity index (χ0) is 16.6. The second-order valence-electron chi connectivity index (χ2n) is 6.63. The highest BCUT2D eigenvalue weighted by molar-refractivity contribution is 9.10. The summed E-state index contributed by atoms with van der Waals surface area (Å²) < 4.78 is 6.90. The summed E-state index contributed by atoms with van der Waals surface area (Å²) in [5.41, 5.74) is 1.49. The van der Waals surface area contributed by atoms with Crippen molar-refractivity contribution in [3.8, 4) is 5.75 Å². The van der Waals surface area contributed by atoms with Crippen LogP contribution in [0.15, 0.2) is 59.1 Å². The second kappa shape index (κ2) is 9.24. The van der Waals surface area contributed by atoms with Gasteiger partial charge in [0.2, 0.25) is 0 Å². The Morgan fingerprint density at radius 1 is 0.958 bits per heavy atom. The monoisotopic (exact) mass is 387 g/mol. The Hall–Kier alpha value is -1.32. The molecule has 2 nitrogen and oxygen atoms in total. The first-order valence-corrected chi connectivity index (χ1v) is 9.73. The van der Waals surface area contributed by atoms with Gasteiger partial charge in [0.15, 0.2) is 0 Å². The van der Waals surface area contributed by atoms with Crippen molar-refractivity contribution in [3.63, 3.8) is 0 Å². The SMILES string of the molecule is Brc1ccc(OCCCN2CCC(Cc3ccccc3)CC2)cc1. The summed E-state index contributed by atoms with van der Waals surface area (Å²) >= 11 is 3.44. The lowest BCUT2D eigenvalue weighted by atomic mass is 9.90. The molecule has 1 saturated heterocycles. The molecule has 1 aliphatic heterocycles. The molecule has 3 rings (SSSR count). The van der Waals surface area contributed by atoms with Gasteiger partial charge in [-0.3, -0.25) is 0 Å². The number of likely N-dealkylation sites (tertiary alicyclic amines) is 1. The van der Waals surface area contributed by atoms with Gasteiger partial charge in [-0.05, 0) is 74.5 Å². The Morgan fingerprint density at radius 2 is 1.67 bits per heavy atom. The number of hydrogen-bond acceptors (Lipinski definition) is 2. The number of ether oxygens (including phenoxy) is 1.